The Morgan fingerprint density at radius 3 is 2.38 bits per heavy atom. The number of rotatable bonds is 8. The van der Waals surface area contributed by atoms with Gasteiger partial charge in [-0.25, -0.2) is 13.1 Å². The maximum atomic E-state index is 12.6. The Morgan fingerprint density at radius 2 is 1.90 bits per heavy atom. The van der Waals surface area contributed by atoms with Gasteiger partial charge in [-0.2, -0.15) is 0 Å². The van der Waals surface area contributed by atoms with Gasteiger partial charge in [0.2, 0.25) is 10.0 Å². The lowest BCUT2D eigenvalue weighted by Gasteiger charge is -2.27. The highest BCUT2D eigenvalue weighted by atomic mass is 79.9. The summed E-state index contributed by atoms with van der Waals surface area (Å²) in [6, 6.07) is 2.12. The lowest BCUT2D eigenvalue weighted by Crippen LogP contribution is -2.44. The van der Waals surface area contributed by atoms with E-state index in [9.17, 15) is 8.42 Å². The van der Waals surface area contributed by atoms with Gasteiger partial charge in [-0.05, 0) is 41.8 Å². The SMILES string of the molecule is CCC(C)(CC)NS(=O)(=O)c1cc(CNC(C)C)sc1Br. The highest BCUT2D eigenvalue weighted by Crippen LogP contribution is 2.32. The molecule has 0 fully saturated rings. The zero-order valence-corrected chi connectivity index (χ0v) is 16.5. The van der Waals surface area contributed by atoms with Crippen LogP contribution in [0.15, 0.2) is 14.7 Å². The third kappa shape index (κ3) is 5.32. The second kappa shape index (κ2) is 7.55. The highest BCUT2D eigenvalue weighted by Gasteiger charge is 2.29. The quantitative estimate of drug-likeness (QED) is 0.700. The Labute approximate surface area is 140 Å². The second-order valence-electron chi connectivity index (χ2n) is 5.76. The highest BCUT2D eigenvalue weighted by molar-refractivity contribution is 9.11. The number of halogens is 1. The molecule has 1 aromatic rings. The normalized spacial score (nSPS) is 13.1. The fourth-order valence-corrected chi connectivity index (χ4v) is 5.93. The first-order valence-corrected chi connectivity index (χ1v) is 10.3. The Hall–Kier alpha value is 0.0500. The number of nitrogens with one attached hydrogen (secondary N) is 2. The van der Waals surface area contributed by atoms with Crippen molar-refractivity contribution in [2.75, 3.05) is 0 Å². The lowest BCUT2D eigenvalue weighted by atomic mass is 9.98. The van der Waals surface area contributed by atoms with E-state index in [0.29, 0.717) is 21.3 Å². The van der Waals surface area contributed by atoms with Gasteiger partial charge in [-0.3, -0.25) is 0 Å². The van der Waals surface area contributed by atoms with Crippen LogP contribution in [0.5, 0.6) is 0 Å². The summed E-state index contributed by atoms with van der Waals surface area (Å²) in [6.45, 7) is 10.7. The molecule has 21 heavy (non-hydrogen) atoms. The summed E-state index contributed by atoms with van der Waals surface area (Å²) in [7, 11) is -3.50. The van der Waals surface area contributed by atoms with Crippen molar-refractivity contribution in [3.63, 3.8) is 0 Å². The minimum Gasteiger partial charge on any atom is -0.310 e. The Bertz CT molecular complexity index is 564. The molecule has 1 rings (SSSR count). The smallest absolute Gasteiger partial charge is 0.243 e. The molecule has 0 unspecified atom stereocenters. The molecule has 0 radical (unpaired) electrons. The average molecular weight is 397 g/mol. The van der Waals surface area contributed by atoms with Crippen LogP contribution in [0.25, 0.3) is 0 Å². The maximum absolute atomic E-state index is 12.6. The van der Waals surface area contributed by atoms with Gasteiger partial charge in [-0.1, -0.05) is 27.7 Å². The first kappa shape index (κ1) is 19.1. The zero-order chi connectivity index (χ0) is 16.3. The van der Waals surface area contributed by atoms with Crippen molar-refractivity contribution in [3.05, 3.63) is 14.7 Å². The predicted octanol–water partition coefficient (Wildman–Crippen LogP) is 3.87. The minimum atomic E-state index is -3.50. The maximum Gasteiger partial charge on any atom is 0.243 e. The Balaban J connectivity index is 2.98. The molecule has 0 saturated heterocycles. The third-order valence-electron chi connectivity index (χ3n) is 3.62. The summed E-state index contributed by atoms with van der Waals surface area (Å²) >= 11 is 4.84. The van der Waals surface area contributed by atoms with E-state index in [1.807, 2.05) is 20.8 Å². The van der Waals surface area contributed by atoms with Crippen molar-refractivity contribution >= 4 is 37.3 Å². The summed E-state index contributed by atoms with van der Waals surface area (Å²) in [5.41, 5.74) is -0.406. The summed E-state index contributed by atoms with van der Waals surface area (Å²) in [5.74, 6) is 0. The summed E-state index contributed by atoms with van der Waals surface area (Å²) < 4.78 is 28.7. The van der Waals surface area contributed by atoms with Crippen LogP contribution >= 0.6 is 27.3 Å². The number of hydrogen-bond acceptors (Lipinski definition) is 4. The molecular formula is C14H25BrN2O2S2. The molecule has 0 atom stereocenters. The van der Waals surface area contributed by atoms with Gasteiger partial charge in [0.15, 0.2) is 0 Å². The molecule has 0 bridgehead atoms. The summed E-state index contributed by atoms with van der Waals surface area (Å²) in [4.78, 5) is 1.34. The Morgan fingerprint density at radius 1 is 1.33 bits per heavy atom. The molecule has 1 heterocycles. The number of sulfonamides is 1. The van der Waals surface area contributed by atoms with E-state index in [1.165, 1.54) is 11.3 Å². The lowest BCUT2D eigenvalue weighted by molar-refractivity contribution is 0.388. The summed E-state index contributed by atoms with van der Waals surface area (Å²) in [5, 5.41) is 3.30. The molecule has 0 spiro atoms. The molecular weight excluding hydrogens is 372 g/mol. The van der Waals surface area contributed by atoms with E-state index < -0.39 is 15.6 Å². The van der Waals surface area contributed by atoms with Crippen LogP contribution < -0.4 is 10.0 Å². The van der Waals surface area contributed by atoms with Crippen LogP contribution in [0.4, 0.5) is 0 Å². The topological polar surface area (TPSA) is 58.2 Å². The van der Waals surface area contributed by atoms with E-state index >= 15 is 0 Å². The molecule has 0 aromatic carbocycles. The molecule has 0 saturated carbocycles. The Kier molecular flexibility index (Phi) is 6.86. The first-order valence-electron chi connectivity index (χ1n) is 7.19. The molecule has 0 aliphatic heterocycles. The van der Waals surface area contributed by atoms with Gasteiger partial charge in [0.05, 0.1) is 3.79 Å². The van der Waals surface area contributed by atoms with Crippen molar-refractivity contribution in [2.45, 2.75) is 70.5 Å². The van der Waals surface area contributed by atoms with Crippen molar-refractivity contribution in [3.8, 4) is 0 Å². The molecule has 0 aliphatic carbocycles. The van der Waals surface area contributed by atoms with Gasteiger partial charge in [0, 0.05) is 23.0 Å². The van der Waals surface area contributed by atoms with Crippen LogP contribution in [0.3, 0.4) is 0 Å². The summed E-state index contributed by atoms with van der Waals surface area (Å²) in [6.07, 6.45) is 1.51. The monoisotopic (exact) mass is 396 g/mol. The van der Waals surface area contributed by atoms with Crippen LogP contribution in [-0.4, -0.2) is 20.0 Å². The molecule has 7 heteroatoms. The fraction of sp³-hybridized carbons (Fsp3) is 0.714. The van der Waals surface area contributed by atoms with Crippen molar-refractivity contribution in [1.82, 2.24) is 10.0 Å². The van der Waals surface area contributed by atoms with Crippen LogP contribution in [-0.2, 0) is 16.6 Å². The van der Waals surface area contributed by atoms with Crippen molar-refractivity contribution in [1.29, 1.82) is 0 Å². The molecule has 1 aromatic heterocycles. The number of hydrogen-bond donors (Lipinski definition) is 2. The molecule has 2 N–H and O–H groups in total. The van der Waals surface area contributed by atoms with Crippen LogP contribution in [0.1, 0.15) is 52.3 Å². The van der Waals surface area contributed by atoms with Gasteiger partial charge >= 0.3 is 0 Å². The third-order valence-corrected chi connectivity index (χ3v) is 7.51. The van der Waals surface area contributed by atoms with E-state index in [1.54, 1.807) is 6.07 Å². The second-order valence-corrected chi connectivity index (χ2v) is 9.87. The zero-order valence-electron chi connectivity index (χ0n) is 13.3. The van der Waals surface area contributed by atoms with Gasteiger partial charge < -0.3 is 5.32 Å². The van der Waals surface area contributed by atoms with Gasteiger partial charge in [-0.15, -0.1) is 11.3 Å². The van der Waals surface area contributed by atoms with E-state index in [2.05, 4.69) is 39.8 Å². The number of thiophene rings is 1. The van der Waals surface area contributed by atoms with Crippen molar-refractivity contribution in [2.24, 2.45) is 0 Å². The van der Waals surface area contributed by atoms with E-state index in [4.69, 9.17) is 0 Å². The molecule has 122 valence electrons. The minimum absolute atomic E-state index is 0.334. The predicted molar refractivity (Wildman–Crippen MR) is 93.3 cm³/mol. The standard InChI is InChI=1S/C14H25BrN2O2S2/c1-6-14(5,7-2)17-21(18,19)12-8-11(20-13(12)15)9-16-10(3)4/h8,10,16-17H,6-7,9H2,1-5H3. The molecule has 0 aliphatic rings. The first-order chi connectivity index (χ1) is 9.63. The molecule has 0 amide bonds. The van der Waals surface area contributed by atoms with Crippen LogP contribution in [0.2, 0.25) is 0 Å². The molecule has 4 nitrogen and oxygen atoms in total. The van der Waals surface area contributed by atoms with E-state index in [0.717, 1.165) is 17.7 Å². The van der Waals surface area contributed by atoms with Crippen molar-refractivity contribution < 1.29 is 8.42 Å². The largest absolute Gasteiger partial charge is 0.310 e. The van der Waals surface area contributed by atoms with Gasteiger partial charge in [0.1, 0.15) is 4.90 Å². The van der Waals surface area contributed by atoms with Crippen LogP contribution in [0, 0.1) is 0 Å². The van der Waals surface area contributed by atoms with E-state index in [-0.39, 0.29) is 0 Å². The van der Waals surface area contributed by atoms with Gasteiger partial charge in [0.25, 0.3) is 0 Å². The average Bonchev–Trinajstić information content (AvgIpc) is 2.78. The fourth-order valence-electron chi connectivity index (χ4n) is 1.75.